The van der Waals surface area contributed by atoms with Gasteiger partial charge in [0.2, 0.25) is 0 Å². The van der Waals surface area contributed by atoms with E-state index in [1.807, 2.05) is 6.92 Å². The van der Waals surface area contributed by atoms with Crippen LogP contribution in [0, 0.1) is 10.1 Å². The van der Waals surface area contributed by atoms with Gasteiger partial charge in [0.05, 0.1) is 11.5 Å². The lowest BCUT2D eigenvalue weighted by molar-refractivity contribution is -0.385. The van der Waals surface area contributed by atoms with Crippen molar-refractivity contribution in [2.45, 2.75) is 25.8 Å². The van der Waals surface area contributed by atoms with Gasteiger partial charge >= 0.3 is 11.7 Å². The Morgan fingerprint density at radius 2 is 2.25 bits per heavy atom. The first-order chi connectivity index (χ1) is 9.49. The maximum absolute atomic E-state index is 11.0. The molecular weight excluding hydrogens is 264 g/mol. The Bertz CT molecular complexity index is 490. The zero-order valence-corrected chi connectivity index (χ0v) is 11.5. The van der Waals surface area contributed by atoms with Gasteiger partial charge in [-0.1, -0.05) is 13.0 Å². The molecule has 0 fully saturated rings. The molecule has 20 heavy (non-hydrogen) atoms. The summed E-state index contributed by atoms with van der Waals surface area (Å²) in [7, 11) is 1.54. The first kappa shape index (κ1) is 15.9. The second kappa shape index (κ2) is 7.44. The Morgan fingerprint density at radius 3 is 2.75 bits per heavy atom. The minimum Gasteiger partial charge on any atom is -0.487 e. The minimum absolute atomic E-state index is 0.0874. The van der Waals surface area contributed by atoms with Crippen LogP contribution in [0.1, 0.15) is 18.9 Å². The van der Waals surface area contributed by atoms with Crippen molar-refractivity contribution in [3.8, 4) is 5.75 Å². The number of ether oxygens (including phenoxy) is 1. The number of likely N-dealkylation sites (N-methyl/N-ethyl adjacent to an activating group) is 1. The fourth-order valence-electron chi connectivity index (χ4n) is 1.73. The van der Waals surface area contributed by atoms with E-state index in [0.717, 1.165) is 5.56 Å². The van der Waals surface area contributed by atoms with Gasteiger partial charge in [-0.3, -0.25) is 14.9 Å². The Morgan fingerprint density at radius 1 is 1.55 bits per heavy atom. The van der Waals surface area contributed by atoms with Crippen molar-refractivity contribution in [3.63, 3.8) is 0 Å². The first-order valence-electron chi connectivity index (χ1n) is 6.29. The molecular formula is C13H18N2O5. The fraction of sp³-hybridized carbons (Fsp3) is 0.462. The maximum atomic E-state index is 11.0. The molecule has 0 amide bonds. The summed E-state index contributed by atoms with van der Waals surface area (Å²) < 4.78 is 5.34. The number of nitrogens with one attached hydrogen (secondary N) is 1. The van der Waals surface area contributed by atoms with Crippen LogP contribution in [0.3, 0.4) is 0 Å². The van der Waals surface area contributed by atoms with Crippen molar-refractivity contribution in [2.75, 3.05) is 13.7 Å². The number of carboxylic acid groups (broad SMARTS) is 1. The highest BCUT2D eigenvalue weighted by atomic mass is 16.6. The number of benzene rings is 1. The molecule has 0 radical (unpaired) electrons. The van der Waals surface area contributed by atoms with Gasteiger partial charge in [0, 0.05) is 12.5 Å². The number of nitrogens with zero attached hydrogens (tertiary/aromatic N) is 1. The largest absolute Gasteiger partial charge is 0.487 e. The monoisotopic (exact) mass is 282 g/mol. The predicted molar refractivity (Wildman–Crippen MR) is 73.1 cm³/mol. The zero-order valence-electron chi connectivity index (χ0n) is 11.5. The standard InChI is InChI=1S/C13H18N2O5/c1-3-9-4-5-12(11(8-9)15(18)19)20-7-6-10(14-2)13(16)17/h4-5,8,10,14H,3,6-7H2,1-2H3,(H,16,17). The quantitative estimate of drug-likeness (QED) is 0.554. The van der Waals surface area contributed by atoms with E-state index in [0.29, 0.717) is 6.42 Å². The summed E-state index contributed by atoms with van der Waals surface area (Å²) in [5.74, 6) is -0.820. The Labute approximate surface area is 116 Å². The fourth-order valence-corrected chi connectivity index (χ4v) is 1.73. The van der Waals surface area contributed by atoms with E-state index in [-0.39, 0.29) is 24.5 Å². The Hall–Kier alpha value is -2.15. The number of carboxylic acids is 1. The molecule has 0 spiro atoms. The molecule has 0 bridgehead atoms. The average Bonchev–Trinajstić information content (AvgIpc) is 2.43. The Balaban J connectivity index is 2.72. The molecule has 0 aliphatic heterocycles. The summed E-state index contributed by atoms with van der Waals surface area (Å²) in [4.78, 5) is 21.3. The third-order valence-corrected chi connectivity index (χ3v) is 2.94. The third kappa shape index (κ3) is 4.20. The predicted octanol–water partition coefficient (Wildman–Crippen LogP) is 1.60. The van der Waals surface area contributed by atoms with Crippen molar-refractivity contribution in [2.24, 2.45) is 0 Å². The van der Waals surface area contributed by atoms with Crippen LogP contribution in [-0.2, 0) is 11.2 Å². The van der Waals surface area contributed by atoms with Gasteiger partial charge in [-0.2, -0.15) is 0 Å². The van der Waals surface area contributed by atoms with Crippen molar-refractivity contribution in [1.29, 1.82) is 0 Å². The normalized spacial score (nSPS) is 11.9. The molecule has 0 aliphatic carbocycles. The lowest BCUT2D eigenvalue weighted by atomic mass is 10.1. The highest BCUT2D eigenvalue weighted by Crippen LogP contribution is 2.28. The van der Waals surface area contributed by atoms with Crippen LogP contribution in [0.2, 0.25) is 0 Å². The van der Waals surface area contributed by atoms with Crippen LogP contribution in [-0.4, -0.2) is 35.7 Å². The van der Waals surface area contributed by atoms with Gasteiger partial charge < -0.3 is 15.2 Å². The molecule has 0 aliphatic rings. The van der Waals surface area contributed by atoms with Crippen molar-refractivity contribution in [1.82, 2.24) is 5.32 Å². The van der Waals surface area contributed by atoms with Crippen molar-refractivity contribution >= 4 is 11.7 Å². The third-order valence-electron chi connectivity index (χ3n) is 2.94. The number of rotatable bonds is 8. The molecule has 7 heteroatoms. The van der Waals surface area contributed by atoms with E-state index >= 15 is 0 Å². The SMILES string of the molecule is CCc1ccc(OCCC(NC)C(=O)O)c([N+](=O)[O-])c1. The van der Waals surface area contributed by atoms with E-state index < -0.39 is 16.9 Å². The second-order valence-corrected chi connectivity index (χ2v) is 4.23. The molecule has 1 unspecified atom stereocenters. The number of carbonyl (C=O) groups is 1. The highest BCUT2D eigenvalue weighted by Gasteiger charge is 2.18. The molecule has 1 rings (SSSR count). The summed E-state index contributed by atoms with van der Waals surface area (Å²) in [5.41, 5.74) is 0.753. The molecule has 1 aromatic rings. The molecule has 0 heterocycles. The molecule has 0 aromatic heterocycles. The number of hydrogen-bond acceptors (Lipinski definition) is 5. The maximum Gasteiger partial charge on any atom is 0.320 e. The van der Waals surface area contributed by atoms with E-state index in [4.69, 9.17) is 9.84 Å². The van der Waals surface area contributed by atoms with Crippen LogP contribution in [0.15, 0.2) is 18.2 Å². The van der Waals surface area contributed by atoms with E-state index in [1.165, 1.54) is 13.1 Å². The number of nitro groups is 1. The number of nitro benzene ring substituents is 1. The first-order valence-corrected chi connectivity index (χ1v) is 6.29. The van der Waals surface area contributed by atoms with Crippen LogP contribution >= 0.6 is 0 Å². The summed E-state index contributed by atoms with van der Waals surface area (Å²) in [5, 5.41) is 22.5. The molecule has 1 aromatic carbocycles. The molecule has 7 nitrogen and oxygen atoms in total. The smallest absolute Gasteiger partial charge is 0.320 e. The average molecular weight is 282 g/mol. The molecule has 2 N–H and O–H groups in total. The lowest BCUT2D eigenvalue weighted by Gasteiger charge is -2.12. The second-order valence-electron chi connectivity index (χ2n) is 4.23. The van der Waals surface area contributed by atoms with Crippen LogP contribution < -0.4 is 10.1 Å². The number of hydrogen-bond donors (Lipinski definition) is 2. The molecule has 110 valence electrons. The summed E-state index contributed by atoms with van der Waals surface area (Å²) in [6.07, 6.45) is 0.917. The zero-order chi connectivity index (χ0) is 15.1. The van der Waals surface area contributed by atoms with E-state index in [1.54, 1.807) is 12.1 Å². The summed E-state index contributed by atoms with van der Waals surface area (Å²) >= 11 is 0. The van der Waals surface area contributed by atoms with Gasteiger partial charge in [0.1, 0.15) is 6.04 Å². The van der Waals surface area contributed by atoms with E-state index in [2.05, 4.69) is 5.32 Å². The van der Waals surface area contributed by atoms with Crippen molar-refractivity contribution < 1.29 is 19.6 Å². The van der Waals surface area contributed by atoms with Crippen LogP contribution in [0.25, 0.3) is 0 Å². The Kier molecular flexibility index (Phi) is 5.92. The molecule has 0 saturated heterocycles. The summed E-state index contributed by atoms with van der Waals surface area (Å²) in [6.45, 7) is 1.99. The van der Waals surface area contributed by atoms with Gasteiger partial charge in [0.25, 0.3) is 0 Å². The van der Waals surface area contributed by atoms with Crippen LogP contribution in [0.4, 0.5) is 5.69 Å². The van der Waals surface area contributed by atoms with Gasteiger partial charge in [0.15, 0.2) is 5.75 Å². The molecule has 0 saturated carbocycles. The van der Waals surface area contributed by atoms with Gasteiger partial charge in [-0.25, -0.2) is 0 Å². The van der Waals surface area contributed by atoms with E-state index in [9.17, 15) is 14.9 Å². The van der Waals surface area contributed by atoms with Gasteiger partial charge in [-0.05, 0) is 25.1 Å². The number of aliphatic carboxylic acids is 1. The highest BCUT2D eigenvalue weighted by molar-refractivity contribution is 5.73. The molecule has 1 atom stereocenters. The summed E-state index contributed by atoms with van der Waals surface area (Å²) in [6, 6.07) is 4.05. The lowest BCUT2D eigenvalue weighted by Crippen LogP contribution is -2.35. The minimum atomic E-state index is -0.980. The van der Waals surface area contributed by atoms with Crippen molar-refractivity contribution in [3.05, 3.63) is 33.9 Å². The number of aryl methyl sites for hydroxylation is 1. The van der Waals surface area contributed by atoms with Gasteiger partial charge in [-0.15, -0.1) is 0 Å². The topological polar surface area (TPSA) is 102 Å². The van der Waals surface area contributed by atoms with Crippen LogP contribution in [0.5, 0.6) is 5.75 Å².